The van der Waals surface area contributed by atoms with Crippen molar-refractivity contribution in [1.29, 1.82) is 0 Å². The summed E-state index contributed by atoms with van der Waals surface area (Å²) in [5.74, 6) is 1.30. The van der Waals surface area contributed by atoms with Crippen molar-refractivity contribution < 1.29 is 4.79 Å². The standard InChI is InChI=1S/C25H29ClN8O2/c26-19-16-17(9-10-20(19)29-22(36)18-8-7-11-27-21(18)35)28-23-30-24(33-12-3-1-4-13-33)32-25(31-23)34-14-5-2-6-15-34/h7-11,16H,1-6,12-15H2,(H,27,35)(H,29,36)(H,28,30,31,32). The van der Waals surface area contributed by atoms with Gasteiger partial charge in [-0.05, 0) is 68.9 Å². The first-order valence-corrected chi connectivity index (χ1v) is 12.8. The molecular weight excluding hydrogens is 480 g/mol. The van der Waals surface area contributed by atoms with E-state index >= 15 is 0 Å². The summed E-state index contributed by atoms with van der Waals surface area (Å²) in [5.41, 5.74) is 0.620. The Balaban J connectivity index is 1.37. The number of anilines is 5. The highest BCUT2D eigenvalue weighted by atomic mass is 35.5. The van der Waals surface area contributed by atoms with Crippen molar-refractivity contribution in [2.75, 3.05) is 46.6 Å². The lowest BCUT2D eigenvalue weighted by Gasteiger charge is -2.30. The van der Waals surface area contributed by atoms with Gasteiger partial charge >= 0.3 is 0 Å². The number of aromatic amines is 1. The molecule has 2 aliphatic heterocycles. The van der Waals surface area contributed by atoms with Gasteiger partial charge in [0.15, 0.2) is 0 Å². The molecule has 2 aliphatic rings. The maximum Gasteiger partial charge on any atom is 0.261 e. The molecule has 0 atom stereocenters. The maximum absolute atomic E-state index is 12.5. The first-order valence-electron chi connectivity index (χ1n) is 12.4. The Morgan fingerprint density at radius 2 is 1.53 bits per heavy atom. The highest BCUT2D eigenvalue weighted by Gasteiger charge is 2.21. The Morgan fingerprint density at radius 1 is 0.889 bits per heavy atom. The van der Waals surface area contributed by atoms with Crippen molar-refractivity contribution in [3.05, 3.63) is 57.5 Å². The largest absolute Gasteiger partial charge is 0.341 e. The number of nitrogens with one attached hydrogen (secondary N) is 3. The van der Waals surface area contributed by atoms with E-state index in [2.05, 4.69) is 25.4 Å². The van der Waals surface area contributed by atoms with Gasteiger partial charge in [-0.15, -0.1) is 0 Å². The molecule has 36 heavy (non-hydrogen) atoms. The highest BCUT2D eigenvalue weighted by molar-refractivity contribution is 6.34. The van der Waals surface area contributed by atoms with Crippen LogP contribution in [0.4, 0.5) is 29.2 Å². The van der Waals surface area contributed by atoms with Crippen molar-refractivity contribution >= 4 is 46.7 Å². The van der Waals surface area contributed by atoms with Gasteiger partial charge in [-0.25, -0.2) is 0 Å². The van der Waals surface area contributed by atoms with Crippen LogP contribution in [0, 0.1) is 0 Å². The number of amides is 1. The van der Waals surface area contributed by atoms with Gasteiger partial charge in [0.05, 0.1) is 10.7 Å². The Labute approximate surface area is 214 Å². The van der Waals surface area contributed by atoms with Gasteiger partial charge < -0.3 is 25.4 Å². The minimum atomic E-state index is -0.533. The molecule has 11 heteroatoms. The topological polar surface area (TPSA) is 119 Å². The first-order chi connectivity index (χ1) is 17.6. The second kappa shape index (κ2) is 10.9. The lowest BCUT2D eigenvalue weighted by atomic mass is 10.1. The number of hydrogen-bond donors (Lipinski definition) is 3. The van der Waals surface area contributed by atoms with Crippen LogP contribution in [-0.2, 0) is 0 Å². The third kappa shape index (κ3) is 5.59. The van der Waals surface area contributed by atoms with Crippen LogP contribution in [-0.4, -0.2) is 52.0 Å². The van der Waals surface area contributed by atoms with Crippen LogP contribution in [0.15, 0.2) is 41.3 Å². The van der Waals surface area contributed by atoms with Gasteiger partial charge in [0.2, 0.25) is 17.8 Å². The molecule has 188 valence electrons. The molecule has 3 aromatic rings. The summed E-state index contributed by atoms with van der Waals surface area (Å²) in [6.07, 6.45) is 8.45. The van der Waals surface area contributed by atoms with E-state index < -0.39 is 11.5 Å². The molecular formula is C25H29ClN8O2. The van der Waals surface area contributed by atoms with Crippen LogP contribution in [0.2, 0.25) is 5.02 Å². The Hall–Kier alpha value is -3.66. The normalized spacial score (nSPS) is 16.0. The summed E-state index contributed by atoms with van der Waals surface area (Å²) in [7, 11) is 0. The Bertz CT molecular complexity index is 1250. The van der Waals surface area contributed by atoms with E-state index in [1.807, 2.05) is 0 Å². The smallest absolute Gasteiger partial charge is 0.261 e. The number of halogens is 1. The molecule has 0 spiro atoms. The molecule has 2 saturated heterocycles. The molecule has 1 aromatic carbocycles. The van der Waals surface area contributed by atoms with Crippen LogP contribution in [0.25, 0.3) is 0 Å². The summed E-state index contributed by atoms with van der Waals surface area (Å²) >= 11 is 6.46. The van der Waals surface area contributed by atoms with Crippen molar-refractivity contribution in [2.45, 2.75) is 38.5 Å². The van der Waals surface area contributed by atoms with Gasteiger partial charge in [0.25, 0.3) is 11.5 Å². The van der Waals surface area contributed by atoms with E-state index in [4.69, 9.17) is 26.6 Å². The molecule has 2 fully saturated rings. The molecule has 0 unspecified atom stereocenters. The number of H-pyrrole nitrogens is 1. The molecule has 0 radical (unpaired) electrons. The molecule has 0 aliphatic carbocycles. The number of benzene rings is 1. The number of rotatable bonds is 6. The summed E-state index contributed by atoms with van der Waals surface area (Å²) in [6, 6.07) is 8.20. The molecule has 1 amide bonds. The fourth-order valence-corrected chi connectivity index (χ4v) is 4.72. The summed E-state index contributed by atoms with van der Waals surface area (Å²) in [5, 5.41) is 6.27. The van der Waals surface area contributed by atoms with Crippen LogP contribution >= 0.6 is 11.6 Å². The maximum atomic E-state index is 12.5. The zero-order chi connectivity index (χ0) is 24.9. The number of hydrogen-bond acceptors (Lipinski definition) is 8. The predicted molar refractivity (Wildman–Crippen MR) is 142 cm³/mol. The highest BCUT2D eigenvalue weighted by Crippen LogP contribution is 2.28. The van der Waals surface area contributed by atoms with Gasteiger partial charge in [-0.3, -0.25) is 9.59 Å². The van der Waals surface area contributed by atoms with Crippen LogP contribution in [0.5, 0.6) is 0 Å². The average Bonchev–Trinajstić information content (AvgIpc) is 2.91. The van der Waals surface area contributed by atoms with Crippen molar-refractivity contribution in [3.63, 3.8) is 0 Å². The quantitative estimate of drug-likeness (QED) is 0.453. The molecule has 10 nitrogen and oxygen atoms in total. The summed E-state index contributed by atoms with van der Waals surface area (Å²) < 4.78 is 0. The Morgan fingerprint density at radius 3 is 2.11 bits per heavy atom. The van der Waals surface area contributed by atoms with Gasteiger partial charge in [-0.1, -0.05) is 11.6 Å². The van der Waals surface area contributed by atoms with Crippen molar-refractivity contribution in [3.8, 4) is 0 Å². The fraction of sp³-hybridized carbons (Fsp3) is 0.400. The number of nitrogens with zero attached hydrogens (tertiary/aromatic N) is 5. The Kier molecular flexibility index (Phi) is 7.31. The zero-order valence-corrected chi connectivity index (χ0v) is 20.7. The van der Waals surface area contributed by atoms with E-state index in [1.54, 1.807) is 24.3 Å². The molecule has 4 heterocycles. The third-order valence-corrected chi connectivity index (χ3v) is 6.74. The van der Waals surface area contributed by atoms with E-state index in [9.17, 15) is 9.59 Å². The van der Waals surface area contributed by atoms with E-state index in [0.29, 0.717) is 34.2 Å². The van der Waals surface area contributed by atoms with Crippen molar-refractivity contribution in [1.82, 2.24) is 19.9 Å². The zero-order valence-electron chi connectivity index (χ0n) is 20.0. The van der Waals surface area contributed by atoms with E-state index in [1.165, 1.54) is 25.1 Å². The van der Waals surface area contributed by atoms with Crippen LogP contribution in [0.1, 0.15) is 48.9 Å². The second-order valence-corrected chi connectivity index (χ2v) is 9.45. The molecule has 0 bridgehead atoms. The third-order valence-electron chi connectivity index (χ3n) is 6.43. The van der Waals surface area contributed by atoms with Gasteiger partial charge in [0.1, 0.15) is 5.56 Å². The minimum Gasteiger partial charge on any atom is -0.341 e. The van der Waals surface area contributed by atoms with Crippen molar-refractivity contribution in [2.24, 2.45) is 0 Å². The van der Waals surface area contributed by atoms with Crippen LogP contribution < -0.4 is 26.0 Å². The average molecular weight is 509 g/mol. The van der Waals surface area contributed by atoms with E-state index in [0.717, 1.165) is 51.9 Å². The van der Waals surface area contributed by atoms with Gasteiger partial charge in [-0.2, -0.15) is 15.0 Å². The SMILES string of the molecule is O=C(Nc1ccc(Nc2nc(N3CCCCC3)nc(N3CCCCC3)n2)cc1Cl)c1ccc[nH]c1=O. The number of pyridine rings is 1. The predicted octanol–water partition coefficient (Wildman–Crippen LogP) is 4.19. The number of carbonyl (C=O) groups excluding carboxylic acids is 1. The fourth-order valence-electron chi connectivity index (χ4n) is 4.49. The summed E-state index contributed by atoms with van der Waals surface area (Å²) in [4.78, 5) is 45.6. The molecule has 2 aromatic heterocycles. The lowest BCUT2D eigenvalue weighted by molar-refractivity contribution is 0.102. The molecule has 5 rings (SSSR count). The second-order valence-electron chi connectivity index (χ2n) is 9.04. The first kappa shape index (κ1) is 24.1. The number of piperidine rings is 2. The number of aromatic nitrogens is 4. The lowest BCUT2D eigenvalue weighted by Crippen LogP contribution is -2.34. The monoisotopic (exact) mass is 508 g/mol. The van der Waals surface area contributed by atoms with E-state index in [-0.39, 0.29) is 5.56 Å². The van der Waals surface area contributed by atoms with Gasteiger partial charge in [0, 0.05) is 38.1 Å². The summed E-state index contributed by atoms with van der Waals surface area (Å²) in [6.45, 7) is 3.75. The molecule has 0 saturated carbocycles. The minimum absolute atomic E-state index is 0.0106. The molecule has 3 N–H and O–H groups in total. The van der Waals surface area contributed by atoms with Crippen LogP contribution in [0.3, 0.4) is 0 Å². The number of carbonyl (C=O) groups is 1.